The molecule has 0 fully saturated rings. The largest absolute Gasteiger partial charge is 0.469 e. The maximum absolute atomic E-state index is 5.65. The first kappa shape index (κ1) is 15.6. The molecule has 1 atom stereocenters. The molecule has 0 N–H and O–H groups in total. The second-order valence-corrected chi connectivity index (χ2v) is 7.54. The van der Waals surface area contributed by atoms with E-state index in [0.717, 1.165) is 19.4 Å². The van der Waals surface area contributed by atoms with Gasteiger partial charge in [0.05, 0.1) is 6.26 Å². The number of aromatic nitrogens is 1. The molecule has 4 rings (SSSR count). The van der Waals surface area contributed by atoms with Crippen LogP contribution in [0.15, 0.2) is 41.2 Å². The maximum Gasteiger partial charge on any atom is 0.111 e. The fourth-order valence-electron chi connectivity index (χ4n) is 4.36. The Morgan fingerprint density at radius 1 is 1.00 bits per heavy atom. The molecule has 2 heterocycles. The fraction of sp³-hybridized carbons (Fsp3) is 0.455. The van der Waals surface area contributed by atoms with Crippen molar-refractivity contribution in [1.29, 1.82) is 0 Å². The molecule has 0 saturated heterocycles. The molecule has 0 bridgehead atoms. The molecule has 1 unspecified atom stereocenters. The Hall–Kier alpha value is -1.96. The van der Waals surface area contributed by atoms with Crippen molar-refractivity contribution in [3.8, 4) is 0 Å². The van der Waals surface area contributed by atoms with E-state index in [1.807, 2.05) is 6.26 Å². The number of fused-ring (bicyclic) bond motifs is 2. The van der Waals surface area contributed by atoms with Crippen molar-refractivity contribution in [2.24, 2.45) is 11.8 Å². The Bertz CT molecular complexity index is 800. The van der Waals surface area contributed by atoms with Gasteiger partial charge in [0, 0.05) is 30.4 Å². The number of rotatable bonds is 4. The molecule has 0 saturated carbocycles. The Labute approximate surface area is 144 Å². The Morgan fingerprint density at radius 2 is 1.79 bits per heavy atom. The fourth-order valence-corrected chi connectivity index (χ4v) is 4.36. The minimum absolute atomic E-state index is 0.506. The first-order valence-electron chi connectivity index (χ1n) is 9.30. The van der Waals surface area contributed by atoms with Crippen LogP contribution in [0.2, 0.25) is 0 Å². The van der Waals surface area contributed by atoms with Gasteiger partial charge in [-0.1, -0.05) is 32.9 Å². The third kappa shape index (κ3) is 2.58. The highest BCUT2D eigenvalue weighted by atomic mass is 16.3. The smallest absolute Gasteiger partial charge is 0.111 e. The summed E-state index contributed by atoms with van der Waals surface area (Å²) in [6, 6.07) is 4.47. The average molecular weight is 321 g/mol. The number of hydrogen-bond donors (Lipinski definition) is 0. The molecule has 2 aliphatic carbocycles. The van der Waals surface area contributed by atoms with Gasteiger partial charge in [0.15, 0.2) is 0 Å². The van der Waals surface area contributed by atoms with Gasteiger partial charge in [-0.25, -0.2) is 0 Å². The third-order valence-electron chi connectivity index (χ3n) is 5.55. The first-order valence-corrected chi connectivity index (χ1v) is 9.30. The van der Waals surface area contributed by atoms with Crippen molar-refractivity contribution in [3.63, 3.8) is 0 Å². The molecule has 2 aromatic heterocycles. The lowest BCUT2D eigenvalue weighted by Gasteiger charge is -2.23. The third-order valence-corrected chi connectivity index (χ3v) is 5.55. The van der Waals surface area contributed by atoms with Crippen molar-refractivity contribution in [3.05, 3.63) is 59.3 Å². The van der Waals surface area contributed by atoms with Crippen molar-refractivity contribution in [1.82, 2.24) is 4.57 Å². The summed E-state index contributed by atoms with van der Waals surface area (Å²) in [6.07, 6.45) is 13.5. The van der Waals surface area contributed by atoms with E-state index >= 15 is 0 Å². The zero-order valence-corrected chi connectivity index (χ0v) is 15.0. The maximum atomic E-state index is 5.65. The van der Waals surface area contributed by atoms with Crippen molar-refractivity contribution in [2.45, 2.75) is 53.0 Å². The number of hydrogen-bond acceptors (Lipinski definition) is 1. The molecule has 0 spiro atoms. The highest BCUT2D eigenvalue weighted by Gasteiger charge is 2.23. The lowest BCUT2D eigenvalue weighted by Crippen LogP contribution is -2.15. The van der Waals surface area contributed by atoms with Crippen molar-refractivity contribution < 1.29 is 4.42 Å². The SMILES string of the molecule is CC(C)C1=CCCc2c1ccn2CC(C)C1=CCCc2occc21. The monoisotopic (exact) mass is 321 g/mol. The molecule has 126 valence electrons. The minimum atomic E-state index is 0.506. The molecule has 2 nitrogen and oxygen atoms in total. The normalized spacial score (nSPS) is 18.0. The summed E-state index contributed by atoms with van der Waals surface area (Å²) in [5, 5.41) is 0. The topological polar surface area (TPSA) is 18.1 Å². The number of allylic oxidation sites excluding steroid dienone is 4. The summed E-state index contributed by atoms with van der Waals surface area (Å²) in [4.78, 5) is 0. The predicted octanol–water partition coefficient (Wildman–Crippen LogP) is 5.73. The average Bonchev–Trinajstić information content (AvgIpc) is 3.21. The van der Waals surface area contributed by atoms with Gasteiger partial charge in [-0.05, 0) is 59.9 Å². The van der Waals surface area contributed by atoms with Crippen LogP contribution < -0.4 is 0 Å². The molecular weight excluding hydrogens is 294 g/mol. The van der Waals surface area contributed by atoms with Gasteiger partial charge in [-0.15, -0.1) is 0 Å². The molecule has 0 aliphatic heterocycles. The summed E-state index contributed by atoms with van der Waals surface area (Å²) in [5.41, 5.74) is 7.32. The highest BCUT2D eigenvalue weighted by Crippen LogP contribution is 2.36. The second kappa shape index (κ2) is 6.16. The van der Waals surface area contributed by atoms with Crippen molar-refractivity contribution in [2.75, 3.05) is 0 Å². The van der Waals surface area contributed by atoms with Gasteiger partial charge < -0.3 is 8.98 Å². The summed E-state index contributed by atoms with van der Waals surface area (Å²) >= 11 is 0. The molecule has 2 aromatic rings. The van der Waals surface area contributed by atoms with Gasteiger partial charge in [-0.2, -0.15) is 0 Å². The van der Waals surface area contributed by atoms with Gasteiger partial charge >= 0.3 is 0 Å². The van der Waals surface area contributed by atoms with Crippen LogP contribution in [0.25, 0.3) is 11.1 Å². The molecule has 24 heavy (non-hydrogen) atoms. The second-order valence-electron chi connectivity index (χ2n) is 7.54. The minimum Gasteiger partial charge on any atom is -0.469 e. The standard InChI is InChI=1S/C22H27NO/c1-15(2)17-6-4-8-21-19(17)10-12-23(21)14-16(3)18-7-5-9-22-20(18)11-13-24-22/h6-7,10-13,15-16H,4-5,8-9,14H2,1-3H3. The van der Waals surface area contributed by atoms with E-state index in [4.69, 9.17) is 4.42 Å². The van der Waals surface area contributed by atoms with Crippen LogP contribution in [0.1, 0.15) is 56.2 Å². The van der Waals surface area contributed by atoms with Crippen LogP contribution in [-0.2, 0) is 19.4 Å². The van der Waals surface area contributed by atoms with Gasteiger partial charge in [0.25, 0.3) is 0 Å². The molecule has 0 aromatic carbocycles. The van der Waals surface area contributed by atoms with E-state index < -0.39 is 0 Å². The quantitative estimate of drug-likeness (QED) is 0.703. The molecule has 0 amide bonds. The van der Waals surface area contributed by atoms with E-state index in [0.29, 0.717) is 11.8 Å². The lowest BCUT2D eigenvalue weighted by atomic mass is 9.87. The highest BCUT2D eigenvalue weighted by molar-refractivity contribution is 5.71. The van der Waals surface area contributed by atoms with E-state index in [-0.39, 0.29) is 0 Å². The summed E-state index contributed by atoms with van der Waals surface area (Å²) in [6.45, 7) is 8.00. The molecule has 2 aliphatic rings. The summed E-state index contributed by atoms with van der Waals surface area (Å²) < 4.78 is 8.14. The van der Waals surface area contributed by atoms with Crippen LogP contribution in [0.5, 0.6) is 0 Å². The first-order chi connectivity index (χ1) is 11.6. The van der Waals surface area contributed by atoms with Crippen LogP contribution in [0.4, 0.5) is 0 Å². The zero-order valence-electron chi connectivity index (χ0n) is 15.0. The van der Waals surface area contributed by atoms with E-state index in [1.54, 1.807) is 0 Å². The number of aryl methyl sites for hydroxylation is 1. The number of nitrogens with zero attached hydrogens (tertiary/aromatic N) is 1. The van der Waals surface area contributed by atoms with Crippen molar-refractivity contribution >= 4 is 11.1 Å². The predicted molar refractivity (Wildman–Crippen MR) is 99.7 cm³/mol. The lowest BCUT2D eigenvalue weighted by molar-refractivity contribution is 0.502. The number of furan rings is 1. The van der Waals surface area contributed by atoms with E-state index in [9.17, 15) is 0 Å². The molecule has 0 radical (unpaired) electrons. The van der Waals surface area contributed by atoms with Crippen LogP contribution in [0, 0.1) is 11.8 Å². The van der Waals surface area contributed by atoms with Crippen LogP contribution in [0.3, 0.4) is 0 Å². The van der Waals surface area contributed by atoms with Gasteiger partial charge in [0.1, 0.15) is 5.76 Å². The summed E-state index contributed by atoms with van der Waals surface area (Å²) in [5.74, 6) is 2.28. The van der Waals surface area contributed by atoms with Crippen LogP contribution >= 0.6 is 0 Å². The Morgan fingerprint density at radius 3 is 2.62 bits per heavy atom. The van der Waals surface area contributed by atoms with Gasteiger partial charge in [0.2, 0.25) is 0 Å². The van der Waals surface area contributed by atoms with E-state index in [2.05, 4.69) is 55.8 Å². The molecular formula is C22H27NO. The Balaban J connectivity index is 1.59. The molecule has 2 heteroatoms. The summed E-state index contributed by atoms with van der Waals surface area (Å²) in [7, 11) is 0. The Kier molecular flexibility index (Phi) is 3.99. The van der Waals surface area contributed by atoms with E-state index in [1.165, 1.54) is 46.6 Å². The van der Waals surface area contributed by atoms with Gasteiger partial charge in [-0.3, -0.25) is 0 Å². The van der Waals surface area contributed by atoms with Crippen LogP contribution in [-0.4, -0.2) is 4.57 Å². The zero-order chi connectivity index (χ0) is 16.7.